The van der Waals surface area contributed by atoms with Gasteiger partial charge in [-0.15, -0.1) is 0 Å². The van der Waals surface area contributed by atoms with Crippen molar-refractivity contribution < 1.29 is 19.0 Å². The number of aliphatic hydroxyl groups is 1. The van der Waals surface area contributed by atoms with Crippen LogP contribution in [0.2, 0.25) is 0 Å². The van der Waals surface area contributed by atoms with Crippen molar-refractivity contribution in [3.05, 3.63) is 58.4 Å². The van der Waals surface area contributed by atoms with Crippen LogP contribution >= 0.6 is 0 Å². The molecule has 0 saturated heterocycles. The maximum absolute atomic E-state index is 14.2. The molecule has 1 unspecified atom stereocenters. The fraction of sp³-hybridized carbons (Fsp3) is 0.294. The molecule has 1 N–H and O–H groups in total. The Morgan fingerprint density at radius 2 is 1.76 bits per heavy atom. The lowest BCUT2D eigenvalue weighted by Gasteiger charge is -2.19. The van der Waals surface area contributed by atoms with Gasteiger partial charge in [-0.3, -0.25) is 0 Å². The number of benzene rings is 2. The smallest absolute Gasteiger partial charge is 0.129 e. The van der Waals surface area contributed by atoms with Gasteiger partial charge in [0.25, 0.3) is 0 Å². The maximum atomic E-state index is 14.2. The van der Waals surface area contributed by atoms with E-state index in [1.165, 1.54) is 20.3 Å². The van der Waals surface area contributed by atoms with Crippen molar-refractivity contribution in [1.29, 1.82) is 0 Å². The summed E-state index contributed by atoms with van der Waals surface area (Å²) in [6, 6.07) is 8.33. The molecule has 0 aromatic heterocycles. The first-order valence-corrected chi connectivity index (χ1v) is 6.64. The van der Waals surface area contributed by atoms with Crippen LogP contribution in [0.1, 0.15) is 28.4 Å². The van der Waals surface area contributed by atoms with Gasteiger partial charge in [-0.1, -0.05) is 6.07 Å². The van der Waals surface area contributed by atoms with Crippen LogP contribution < -0.4 is 9.47 Å². The third kappa shape index (κ3) is 3.00. The van der Waals surface area contributed by atoms with Crippen LogP contribution in [0.5, 0.6) is 11.5 Å². The predicted molar refractivity (Wildman–Crippen MR) is 79.5 cm³/mol. The van der Waals surface area contributed by atoms with Crippen LogP contribution in [-0.2, 0) is 0 Å². The largest absolute Gasteiger partial charge is 0.497 e. The van der Waals surface area contributed by atoms with Gasteiger partial charge in [0.05, 0.1) is 14.2 Å². The molecule has 0 heterocycles. The molecule has 0 saturated carbocycles. The summed E-state index contributed by atoms with van der Waals surface area (Å²) in [5.74, 6) is 0.641. The average molecular weight is 290 g/mol. The van der Waals surface area contributed by atoms with Crippen LogP contribution in [0.25, 0.3) is 0 Å². The fourth-order valence-electron chi connectivity index (χ4n) is 2.48. The molecule has 1 atom stereocenters. The summed E-state index contributed by atoms with van der Waals surface area (Å²) in [5, 5.41) is 10.6. The highest BCUT2D eigenvalue weighted by Gasteiger charge is 2.22. The molecule has 0 aliphatic carbocycles. The van der Waals surface area contributed by atoms with E-state index in [2.05, 4.69) is 0 Å². The summed E-state index contributed by atoms with van der Waals surface area (Å²) >= 11 is 0. The second-order valence-corrected chi connectivity index (χ2v) is 4.99. The van der Waals surface area contributed by atoms with Crippen LogP contribution in [-0.4, -0.2) is 19.3 Å². The SMILES string of the molecule is COc1ccc(OC)c(C(O)c2c(C)cc(C)cc2F)c1. The topological polar surface area (TPSA) is 38.7 Å². The minimum absolute atomic E-state index is 0.257. The Morgan fingerprint density at radius 1 is 1.05 bits per heavy atom. The van der Waals surface area contributed by atoms with Gasteiger partial charge in [0, 0.05) is 11.1 Å². The van der Waals surface area contributed by atoms with E-state index < -0.39 is 11.9 Å². The highest BCUT2D eigenvalue weighted by atomic mass is 19.1. The third-order valence-electron chi connectivity index (χ3n) is 3.49. The zero-order valence-corrected chi connectivity index (χ0v) is 12.6. The molecule has 2 aromatic rings. The Morgan fingerprint density at radius 3 is 2.33 bits per heavy atom. The molecule has 0 spiro atoms. The van der Waals surface area contributed by atoms with E-state index in [4.69, 9.17) is 9.47 Å². The molecule has 0 bridgehead atoms. The second kappa shape index (κ2) is 6.14. The molecule has 112 valence electrons. The molecule has 2 aromatic carbocycles. The average Bonchev–Trinajstić information content (AvgIpc) is 2.45. The molecule has 0 fully saturated rings. The Balaban J connectivity index is 2.56. The summed E-state index contributed by atoms with van der Waals surface area (Å²) in [4.78, 5) is 0. The number of aliphatic hydroxyl groups excluding tert-OH is 1. The van der Waals surface area contributed by atoms with E-state index in [1.807, 2.05) is 13.0 Å². The van der Waals surface area contributed by atoms with E-state index in [9.17, 15) is 9.50 Å². The van der Waals surface area contributed by atoms with Crippen LogP contribution in [0, 0.1) is 19.7 Å². The molecule has 3 nitrogen and oxygen atoms in total. The summed E-state index contributed by atoms with van der Waals surface area (Å²) in [7, 11) is 3.05. The van der Waals surface area contributed by atoms with Crippen molar-refractivity contribution in [2.45, 2.75) is 20.0 Å². The van der Waals surface area contributed by atoms with Crippen molar-refractivity contribution in [3.8, 4) is 11.5 Å². The van der Waals surface area contributed by atoms with Crippen molar-refractivity contribution in [2.75, 3.05) is 14.2 Å². The van der Waals surface area contributed by atoms with Gasteiger partial charge in [-0.2, -0.15) is 0 Å². The van der Waals surface area contributed by atoms with Gasteiger partial charge >= 0.3 is 0 Å². The summed E-state index contributed by atoms with van der Waals surface area (Å²) in [5.41, 5.74) is 2.25. The van der Waals surface area contributed by atoms with Gasteiger partial charge in [-0.05, 0) is 49.2 Å². The highest BCUT2D eigenvalue weighted by molar-refractivity contribution is 5.47. The summed E-state index contributed by atoms with van der Waals surface area (Å²) in [6.45, 7) is 3.60. The van der Waals surface area contributed by atoms with E-state index >= 15 is 0 Å². The van der Waals surface area contributed by atoms with Gasteiger partial charge in [-0.25, -0.2) is 4.39 Å². The Bertz CT molecular complexity index is 629. The minimum atomic E-state index is -1.12. The number of aryl methyl sites for hydroxylation is 2. The zero-order valence-electron chi connectivity index (χ0n) is 12.6. The Kier molecular flexibility index (Phi) is 4.48. The monoisotopic (exact) mass is 290 g/mol. The zero-order chi connectivity index (χ0) is 15.6. The van der Waals surface area contributed by atoms with Crippen molar-refractivity contribution in [1.82, 2.24) is 0 Å². The van der Waals surface area contributed by atoms with Gasteiger partial charge in [0.2, 0.25) is 0 Å². The fourth-order valence-corrected chi connectivity index (χ4v) is 2.48. The van der Waals surface area contributed by atoms with Gasteiger partial charge in [0.1, 0.15) is 23.4 Å². The number of methoxy groups -OCH3 is 2. The number of halogens is 1. The minimum Gasteiger partial charge on any atom is -0.497 e. The Hall–Kier alpha value is -2.07. The first kappa shape index (κ1) is 15.3. The maximum Gasteiger partial charge on any atom is 0.129 e. The van der Waals surface area contributed by atoms with Crippen molar-refractivity contribution >= 4 is 0 Å². The first-order chi connectivity index (χ1) is 9.97. The summed E-state index contributed by atoms with van der Waals surface area (Å²) < 4.78 is 24.6. The molecule has 0 radical (unpaired) electrons. The molecular weight excluding hydrogens is 271 g/mol. The molecule has 4 heteroatoms. The first-order valence-electron chi connectivity index (χ1n) is 6.64. The van der Waals surface area contributed by atoms with Crippen molar-refractivity contribution in [2.24, 2.45) is 0 Å². The number of hydrogen-bond donors (Lipinski definition) is 1. The second-order valence-electron chi connectivity index (χ2n) is 4.99. The standard InChI is InChI=1S/C17H19FO3/c1-10-7-11(2)16(14(18)8-10)17(19)13-9-12(20-3)5-6-15(13)21-4/h5-9,17,19H,1-4H3. The van der Waals surface area contributed by atoms with Gasteiger partial charge < -0.3 is 14.6 Å². The lowest BCUT2D eigenvalue weighted by molar-refractivity contribution is 0.208. The van der Waals surface area contributed by atoms with Crippen LogP contribution in [0.15, 0.2) is 30.3 Å². The number of rotatable bonds is 4. The quantitative estimate of drug-likeness (QED) is 0.936. The molecule has 0 amide bonds. The lowest BCUT2D eigenvalue weighted by atomic mass is 9.94. The van der Waals surface area contributed by atoms with E-state index in [0.717, 1.165) is 5.56 Å². The van der Waals surface area contributed by atoms with E-state index in [-0.39, 0.29) is 5.56 Å². The molecule has 0 aliphatic rings. The molecule has 2 rings (SSSR count). The third-order valence-corrected chi connectivity index (χ3v) is 3.49. The van der Waals surface area contributed by atoms with E-state index in [0.29, 0.717) is 22.6 Å². The normalized spacial score (nSPS) is 12.1. The molecular formula is C17H19FO3. The number of hydrogen-bond acceptors (Lipinski definition) is 3. The highest BCUT2D eigenvalue weighted by Crippen LogP contribution is 2.35. The molecule has 0 aliphatic heterocycles. The van der Waals surface area contributed by atoms with E-state index in [1.54, 1.807) is 25.1 Å². The van der Waals surface area contributed by atoms with Crippen LogP contribution in [0.3, 0.4) is 0 Å². The molecule has 21 heavy (non-hydrogen) atoms. The predicted octanol–water partition coefficient (Wildman–Crippen LogP) is 3.54. The van der Waals surface area contributed by atoms with Crippen molar-refractivity contribution in [3.63, 3.8) is 0 Å². The van der Waals surface area contributed by atoms with Gasteiger partial charge in [0.15, 0.2) is 0 Å². The lowest BCUT2D eigenvalue weighted by Crippen LogP contribution is -2.07. The van der Waals surface area contributed by atoms with Crippen LogP contribution in [0.4, 0.5) is 4.39 Å². The Labute approximate surface area is 124 Å². The summed E-state index contributed by atoms with van der Waals surface area (Å²) in [6.07, 6.45) is -1.12. The number of ether oxygens (including phenoxy) is 2.